The highest BCUT2D eigenvalue weighted by atomic mass is 16.3. The molecule has 0 bridgehead atoms. The summed E-state index contributed by atoms with van der Waals surface area (Å²) >= 11 is 0. The van der Waals surface area contributed by atoms with E-state index >= 15 is 0 Å². The molecule has 3 heterocycles. The average Bonchev–Trinajstić information content (AvgIpc) is 3.09. The van der Waals surface area contributed by atoms with E-state index in [-0.39, 0.29) is 24.0 Å². The van der Waals surface area contributed by atoms with Gasteiger partial charge in [-0.3, -0.25) is 4.79 Å². The Morgan fingerprint density at radius 2 is 2.15 bits per heavy atom. The molecule has 2 aromatic rings. The molecule has 26 heavy (non-hydrogen) atoms. The van der Waals surface area contributed by atoms with Gasteiger partial charge in [-0.25, -0.2) is 0 Å². The number of fused-ring (bicyclic) bond motifs is 2. The molecular formula is C21H29N3O2. The molecule has 1 amide bonds. The molecule has 0 spiro atoms. The third-order valence-electron chi connectivity index (χ3n) is 6.65. The lowest BCUT2D eigenvalue weighted by molar-refractivity contribution is -0.139. The fourth-order valence-corrected chi connectivity index (χ4v) is 4.98. The topological polar surface area (TPSA) is 59.6 Å². The molecule has 2 aliphatic rings. The number of hydrogen-bond acceptors (Lipinski definition) is 3. The van der Waals surface area contributed by atoms with Gasteiger partial charge < -0.3 is 19.9 Å². The fourth-order valence-electron chi connectivity index (χ4n) is 4.98. The molecule has 5 nitrogen and oxygen atoms in total. The van der Waals surface area contributed by atoms with Crippen molar-refractivity contribution >= 4 is 16.8 Å². The maximum Gasteiger partial charge on any atom is 0.222 e. The zero-order valence-corrected chi connectivity index (χ0v) is 15.6. The number of para-hydroxylation sites is 1. The van der Waals surface area contributed by atoms with Crippen LogP contribution in [0.15, 0.2) is 30.5 Å². The highest BCUT2D eigenvalue weighted by Gasteiger charge is 2.47. The van der Waals surface area contributed by atoms with Gasteiger partial charge in [0, 0.05) is 48.1 Å². The zero-order chi connectivity index (χ0) is 18.1. The Morgan fingerprint density at radius 3 is 3.00 bits per heavy atom. The number of carbonyl (C=O) groups is 1. The van der Waals surface area contributed by atoms with E-state index in [4.69, 9.17) is 0 Å². The van der Waals surface area contributed by atoms with Crippen LogP contribution in [0.3, 0.4) is 0 Å². The van der Waals surface area contributed by atoms with Crippen LogP contribution in [0.5, 0.6) is 0 Å². The molecule has 2 fully saturated rings. The Labute approximate surface area is 155 Å². The van der Waals surface area contributed by atoms with Crippen molar-refractivity contribution < 1.29 is 9.90 Å². The first-order valence-electron chi connectivity index (χ1n) is 9.77. The lowest BCUT2D eigenvalue weighted by Crippen LogP contribution is -2.62. The summed E-state index contributed by atoms with van der Waals surface area (Å²) in [5.41, 5.74) is 2.33. The van der Waals surface area contributed by atoms with E-state index in [1.165, 1.54) is 10.9 Å². The highest BCUT2D eigenvalue weighted by Crippen LogP contribution is 2.41. The SMILES string of the molecule is CN1CCC[C@]2(CO)CCN(C(=O)CCc3c[nH]c4ccccc34)C[C@@H]12. The summed E-state index contributed by atoms with van der Waals surface area (Å²) in [6.45, 7) is 2.82. The summed E-state index contributed by atoms with van der Waals surface area (Å²) < 4.78 is 0. The molecule has 0 aliphatic carbocycles. The molecule has 0 unspecified atom stereocenters. The van der Waals surface area contributed by atoms with Crippen molar-refractivity contribution in [2.75, 3.05) is 33.3 Å². The number of rotatable bonds is 4. The minimum atomic E-state index is -0.0133. The van der Waals surface area contributed by atoms with Crippen LogP contribution in [-0.2, 0) is 11.2 Å². The first-order chi connectivity index (χ1) is 12.6. The van der Waals surface area contributed by atoms with Crippen LogP contribution >= 0.6 is 0 Å². The van der Waals surface area contributed by atoms with Crippen LogP contribution < -0.4 is 0 Å². The Balaban J connectivity index is 1.41. The maximum atomic E-state index is 12.8. The molecule has 2 aliphatic heterocycles. The van der Waals surface area contributed by atoms with Crippen molar-refractivity contribution in [1.29, 1.82) is 0 Å². The van der Waals surface area contributed by atoms with E-state index in [1.54, 1.807) is 0 Å². The van der Waals surface area contributed by atoms with Gasteiger partial charge in [0.25, 0.3) is 0 Å². The molecule has 5 heteroatoms. The van der Waals surface area contributed by atoms with Gasteiger partial charge in [-0.15, -0.1) is 0 Å². The molecule has 2 N–H and O–H groups in total. The van der Waals surface area contributed by atoms with Gasteiger partial charge in [0.05, 0.1) is 6.61 Å². The van der Waals surface area contributed by atoms with Crippen molar-refractivity contribution in [3.8, 4) is 0 Å². The highest BCUT2D eigenvalue weighted by molar-refractivity contribution is 5.84. The number of aliphatic hydroxyl groups excluding tert-OH is 1. The molecule has 2 saturated heterocycles. The fraction of sp³-hybridized carbons (Fsp3) is 0.571. The second-order valence-corrected chi connectivity index (χ2v) is 8.07. The van der Waals surface area contributed by atoms with Gasteiger partial charge >= 0.3 is 0 Å². The number of aromatic nitrogens is 1. The maximum absolute atomic E-state index is 12.8. The summed E-state index contributed by atoms with van der Waals surface area (Å²) in [6, 6.07) is 8.53. The summed E-state index contributed by atoms with van der Waals surface area (Å²) in [5, 5.41) is 11.2. The zero-order valence-electron chi connectivity index (χ0n) is 15.6. The average molecular weight is 355 g/mol. The van der Waals surface area contributed by atoms with Crippen LogP contribution in [0.2, 0.25) is 0 Å². The standard InChI is InChI=1S/C21H29N3O2/c1-23-11-4-9-21(15-25)10-12-24(14-19(21)23)20(26)8-7-16-13-22-18-6-3-2-5-17(16)18/h2-3,5-6,13,19,22,25H,4,7-12,14-15H2,1H3/t19-,21-/m1/s1. The number of aromatic amines is 1. The minimum absolute atomic E-state index is 0.0133. The largest absolute Gasteiger partial charge is 0.396 e. The van der Waals surface area contributed by atoms with E-state index in [2.05, 4.69) is 29.1 Å². The second kappa shape index (κ2) is 7.05. The number of aryl methyl sites for hydroxylation is 1. The molecule has 0 saturated carbocycles. The van der Waals surface area contributed by atoms with Crippen molar-refractivity contribution in [2.45, 2.75) is 38.1 Å². The summed E-state index contributed by atoms with van der Waals surface area (Å²) in [5.74, 6) is 0.237. The number of hydrogen-bond donors (Lipinski definition) is 2. The Morgan fingerprint density at radius 1 is 1.31 bits per heavy atom. The normalized spacial score (nSPS) is 26.8. The number of piperidine rings is 2. The van der Waals surface area contributed by atoms with Crippen LogP contribution in [0, 0.1) is 5.41 Å². The Kier molecular flexibility index (Phi) is 4.76. The lowest BCUT2D eigenvalue weighted by Gasteiger charge is -2.53. The van der Waals surface area contributed by atoms with Crippen molar-refractivity contribution in [2.24, 2.45) is 5.41 Å². The van der Waals surface area contributed by atoms with E-state index in [9.17, 15) is 9.90 Å². The molecule has 4 rings (SSSR count). The van der Waals surface area contributed by atoms with Crippen LogP contribution in [0.1, 0.15) is 31.2 Å². The van der Waals surface area contributed by atoms with Gasteiger partial charge in [-0.05, 0) is 50.9 Å². The molecule has 140 valence electrons. The third kappa shape index (κ3) is 3.03. The smallest absolute Gasteiger partial charge is 0.222 e. The first-order valence-corrected chi connectivity index (χ1v) is 9.77. The predicted octanol–water partition coefficient (Wildman–Crippen LogP) is 2.41. The number of amides is 1. The number of H-pyrrole nitrogens is 1. The third-order valence-corrected chi connectivity index (χ3v) is 6.65. The number of likely N-dealkylation sites (N-methyl/N-ethyl adjacent to an activating group) is 1. The van der Waals surface area contributed by atoms with E-state index in [1.807, 2.05) is 23.2 Å². The van der Waals surface area contributed by atoms with Crippen LogP contribution in [-0.4, -0.2) is 65.1 Å². The molecule has 2 atom stereocenters. The van der Waals surface area contributed by atoms with E-state index < -0.39 is 0 Å². The number of likely N-dealkylation sites (tertiary alicyclic amines) is 2. The number of carbonyl (C=O) groups excluding carboxylic acids is 1. The second-order valence-electron chi connectivity index (χ2n) is 8.07. The van der Waals surface area contributed by atoms with Gasteiger partial charge in [0.1, 0.15) is 0 Å². The molecule has 1 aromatic carbocycles. The van der Waals surface area contributed by atoms with E-state index in [0.29, 0.717) is 6.42 Å². The van der Waals surface area contributed by atoms with Crippen molar-refractivity contribution in [1.82, 2.24) is 14.8 Å². The van der Waals surface area contributed by atoms with Crippen molar-refractivity contribution in [3.05, 3.63) is 36.0 Å². The monoisotopic (exact) mass is 355 g/mol. The lowest BCUT2D eigenvalue weighted by atomic mass is 9.69. The molecular weight excluding hydrogens is 326 g/mol. The first kappa shape index (κ1) is 17.6. The predicted molar refractivity (Wildman–Crippen MR) is 103 cm³/mol. The van der Waals surface area contributed by atoms with Gasteiger partial charge in [-0.2, -0.15) is 0 Å². The minimum Gasteiger partial charge on any atom is -0.396 e. The van der Waals surface area contributed by atoms with Gasteiger partial charge in [0.2, 0.25) is 5.91 Å². The number of nitrogens with zero attached hydrogens (tertiary/aromatic N) is 2. The Bertz CT molecular complexity index is 786. The number of nitrogens with one attached hydrogen (secondary N) is 1. The van der Waals surface area contributed by atoms with Gasteiger partial charge in [0.15, 0.2) is 0 Å². The number of aliphatic hydroxyl groups is 1. The summed E-state index contributed by atoms with van der Waals surface area (Å²) in [6.07, 6.45) is 6.48. The van der Waals surface area contributed by atoms with Crippen molar-refractivity contribution in [3.63, 3.8) is 0 Å². The summed E-state index contributed by atoms with van der Waals surface area (Å²) in [7, 11) is 2.13. The Hall–Kier alpha value is -1.85. The molecule has 1 aromatic heterocycles. The quantitative estimate of drug-likeness (QED) is 0.885. The molecule has 0 radical (unpaired) electrons. The van der Waals surface area contributed by atoms with Crippen LogP contribution in [0.25, 0.3) is 10.9 Å². The van der Waals surface area contributed by atoms with Gasteiger partial charge in [-0.1, -0.05) is 18.2 Å². The van der Waals surface area contributed by atoms with E-state index in [0.717, 1.165) is 50.8 Å². The summed E-state index contributed by atoms with van der Waals surface area (Å²) in [4.78, 5) is 20.5. The number of benzene rings is 1. The van der Waals surface area contributed by atoms with Crippen LogP contribution in [0.4, 0.5) is 0 Å².